The molecule has 21 heavy (non-hydrogen) atoms. The Labute approximate surface area is 130 Å². The highest BCUT2D eigenvalue weighted by Crippen LogP contribution is 2.27. The Morgan fingerprint density at radius 1 is 1.29 bits per heavy atom. The van der Waals surface area contributed by atoms with Crippen LogP contribution in [0.5, 0.6) is 0 Å². The molecule has 0 radical (unpaired) electrons. The fraction of sp³-hybridized carbons (Fsp3) is 0.500. The molecule has 3 nitrogen and oxygen atoms in total. The maximum Gasteiger partial charge on any atom is 0.151 e. The lowest BCUT2D eigenvalue weighted by atomic mass is 10.1. The number of sulfone groups is 1. The van der Waals surface area contributed by atoms with Gasteiger partial charge in [0.2, 0.25) is 0 Å². The van der Waals surface area contributed by atoms with Crippen molar-refractivity contribution < 1.29 is 8.42 Å². The van der Waals surface area contributed by atoms with Crippen molar-refractivity contribution >= 4 is 31.3 Å². The summed E-state index contributed by atoms with van der Waals surface area (Å²) in [6.07, 6.45) is 5.11. The molecule has 1 aliphatic rings. The van der Waals surface area contributed by atoms with Gasteiger partial charge in [-0.3, -0.25) is 0 Å². The van der Waals surface area contributed by atoms with Crippen LogP contribution in [-0.4, -0.2) is 32.5 Å². The van der Waals surface area contributed by atoms with Crippen molar-refractivity contribution in [3.63, 3.8) is 0 Å². The minimum atomic E-state index is -2.93. The monoisotopic (exact) mass is 323 g/mol. The van der Waals surface area contributed by atoms with E-state index in [2.05, 4.69) is 35.0 Å². The zero-order chi connectivity index (χ0) is 14.9. The van der Waals surface area contributed by atoms with E-state index in [1.807, 2.05) is 0 Å². The Hall–Kier alpha value is -0.910. The molecule has 0 amide bonds. The van der Waals surface area contributed by atoms with E-state index in [9.17, 15) is 8.42 Å². The second kappa shape index (κ2) is 6.07. The SMILES string of the molecule is CS(=O)(=O)[C@H]1CCC[C@@H]1NCCc1csc2ccccc12. The van der Waals surface area contributed by atoms with Gasteiger partial charge in [0, 0.05) is 17.0 Å². The molecule has 1 saturated carbocycles. The summed E-state index contributed by atoms with van der Waals surface area (Å²) in [6, 6.07) is 8.58. The Morgan fingerprint density at radius 3 is 2.90 bits per heavy atom. The fourth-order valence-corrected chi connectivity index (χ4v) is 5.71. The minimum absolute atomic E-state index is 0.130. The molecule has 0 aliphatic heterocycles. The molecule has 3 rings (SSSR count). The summed E-state index contributed by atoms with van der Waals surface area (Å²) >= 11 is 1.78. The van der Waals surface area contributed by atoms with Gasteiger partial charge in [0.25, 0.3) is 0 Å². The Kier molecular flexibility index (Phi) is 4.33. The summed E-state index contributed by atoms with van der Waals surface area (Å²) in [5, 5.41) is 6.82. The predicted molar refractivity (Wildman–Crippen MR) is 89.8 cm³/mol. The van der Waals surface area contributed by atoms with Gasteiger partial charge in [-0.2, -0.15) is 0 Å². The maximum absolute atomic E-state index is 11.8. The quantitative estimate of drug-likeness (QED) is 0.920. The van der Waals surface area contributed by atoms with Crippen LogP contribution in [0.1, 0.15) is 24.8 Å². The summed E-state index contributed by atoms with van der Waals surface area (Å²) in [5.74, 6) is 0. The summed E-state index contributed by atoms with van der Waals surface area (Å²) in [4.78, 5) is 0. The Morgan fingerprint density at radius 2 is 2.10 bits per heavy atom. The number of hydrogen-bond acceptors (Lipinski definition) is 4. The average molecular weight is 323 g/mol. The highest BCUT2D eigenvalue weighted by Gasteiger charge is 2.34. The van der Waals surface area contributed by atoms with Crippen LogP contribution in [0.15, 0.2) is 29.6 Å². The number of benzene rings is 1. The van der Waals surface area contributed by atoms with E-state index >= 15 is 0 Å². The third-order valence-corrected chi connectivity index (χ3v) is 7.04. The first-order chi connectivity index (χ1) is 10.1. The molecule has 114 valence electrons. The van der Waals surface area contributed by atoms with E-state index in [0.29, 0.717) is 0 Å². The smallest absolute Gasteiger partial charge is 0.151 e. The van der Waals surface area contributed by atoms with E-state index in [0.717, 1.165) is 32.2 Å². The number of rotatable bonds is 5. The maximum atomic E-state index is 11.8. The largest absolute Gasteiger partial charge is 0.312 e. The van der Waals surface area contributed by atoms with Crippen molar-refractivity contribution in [1.29, 1.82) is 0 Å². The molecule has 5 heteroatoms. The lowest BCUT2D eigenvalue weighted by Crippen LogP contribution is -2.40. The molecule has 1 heterocycles. The van der Waals surface area contributed by atoms with Crippen molar-refractivity contribution in [3.8, 4) is 0 Å². The van der Waals surface area contributed by atoms with E-state index < -0.39 is 9.84 Å². The van der Waals surface area contributed by atoms with Gasteiger partial charge in [-0.05, 0) is 48.2 Å². The number of thiophene rings is 1. The van der Waals surface area contributed by atoms with Crippen molar-refractivity contribution in [1.82, 2.24) is 5.32 Å². The van der Waals surface area contributed by atoms with Gasteiger partial charge in [-0.1, -0.05) is 24.6 Å². The summed E-state index contributed by atoms with van der Waals surface area (Å²) in [5.41, 5.74) is 1.36. The first-order valence-corrected chi connectivity index (χ1v) is 10.3. The highest BCUT2D eigenvalue weighted by molar-refractivity contribution is 7.91. The molecule has 2 atom stereocenters. The van der Waals surface area contributed by atoms with Crippen molar-refractivity contribution in [2.24, 2.45) is 0 Å². The normalized spacial score (nSPS) is 22.9. The second-order valence-electron chi connectivity index (χ2n) is 5.87. The van der Waals surface area contributed by atoms with E-state index in [-0.39, 0.29) is 11.3 Å². The van der Waals surface area contributed by atoms with Gasteiger partial charge in [-0.25, -0.2) is 8.42 Å². The molecular formula is C16H21NO2S2. The third kappa shape index (κ3) is 3.30. The molecule has 0 saturated heterocycles. The zero-order valence-electron chi connectivity index (χ0n) is 12.2. The highest BCUT2D eigenvalue weighted by atomic mass is 32.2. The molecule has 0 unspecified atom stereocenters. The van der Waals surface area contributed by atoms with E-state index in [1.54, 1.807) is 11.3 Å². The van der Waals surface area contributed by atoms with Crippen LogP contribution < -0.4 is 5.32 Å². The van der Waals surface area contributed by atoms with Crippen LogP contribution in [0.2, 0.25) is 0 Å². The zero-order valence-corrected chi connectivity index (χ0v) is 13.8. The number of fused-ring (bicyclic) bond motifs is 1. The van der Waals surface area contributed by atoms with E-state index in [4.69, 9.17) is 0 Å². The van der Waals surface area contributed by atoms with Gasteiger partial charge < -0.3 is 5.32 Å². The van der Waals surface area contributed by atoms with Crippen LogP contribution in [0.25, 0.3) is 10.1 Å². The molecule has 1 aromatic carbocycles. The molecule has 1 N–H and O–H groups in total. The Bertz CT molecular complexity index is 721. The summed E-state index contributed by atoms with van der Waals surface area (Å²) in [6.45, 7) is 0.845. The minimum Gasteiger partial charge on any atom is -0.312 e. The van der Waals surface area contributed by atoms with Crippen LogP contribution in [0.4, 0.5) is 0 Å². The van der Waals surface area contributed by atoms with Crippen LogP contribution in [-0.2, 0) is 16.3 Å². The predicted octanol–water partition coefficient (Wildman–Crippen LogP) is 3.00. The van der Waals surface area contributed by atoms with Crippen molar-refractivity contribution in [2.45, 2.75) is 37.0 Å². The second-order valence-corrected chi connectivity index (χ2v) is 9.04. The average Bonchev–Trinajstić information content (AvgIpc) is 3.05. The molecule has 1 aromatic heterocycles. The molecule has 1 aliphatic carbocycles. The van der Waals surface area contributed by atoms with Gasteiger partial charge in [0.05, 0.1) is 5.25 Å². The van der Waals surface area contributed by atoms with Gasteiger partial charge >= 0.3 is 0 Å². The van der Waals surface area contributed by atoms with Gasteiger partial charge in [-0.15, -0.1) is 11.3 Å². The summed E-state index contributed by atoms with van der Waals surface area (Å²) in [7, 11) is -2.93. The van der Waals surface area contributed by atoms with Crippen molar-refractivity contribution in [3.05, 3.63) is 35.2 Å². The van der Waals surface area contributed by atoms with Gasteiger partial charge in [0.1, 0.15) is 0 Å². The lowest BCUT2D eigenvalue weighted by Gasteiger charge is -2.19. The Balaban J connectivity index is 1.61. The lowest BCUT2D eigenvalue weighted by molar-refractivity contribution is 0.511. The first-order valence-electron chi connectivity index (χ1n) is 7.43. The fourth-order valence-electron chi connectivity index (χ4n) is 3.29. The van der Waals surface area contributed by atoms with Crippen LogP contribution >= 0.6 is 11.3 Å². The standard InChI is InChI=1S/C16H21NO2S2/c1-21(18,19)16-8-4-6-14(16)17-10-9-12-11-20-15-7-3-2-5-13(12)15/h2-3,5,7,11,14,16-17H,4,6,8-10H2,1H3/t14-,16-/m0/s1. The number of nitrogens with one attached hydrogen (secondary N) is 1. The molecule has 0 spiro atoms. The summed E-state index contributed by atoms with van der Waals surface area (Å²) < 4.78 is 24.9. The topological polar surface area (TPSA) is 46.2 Å². The van der Waals surface area contributed by atoms with Crippen molar-refractivity contribution in [2.75, 3.05) is 12.8 Å². The number of hydrogen-bond donors (Lipinski definition) is 1. The molecule has 0 bridgehead atoms. The first kappa shape index (κ1) is 15.0. The van der Waals surface area contributed by atoms with Gasteiger partial charge in [0.15, 0.2) is 9.84 Å². The van der Waals surface area contributed by atoms with E-state index in [1.165, 1.54) is 21.9 Å². The van der Waals surface area contributed by atoms with Crippen LogP contribution in [0.3, 0.4) is 0 Å². The molecular weight excluding hydrogens is 302 g/mol. The molecule has 2 aromatic rings. The molecule has 1 fully saturated rings. The van der Waals surface area contributed by atoms with Crippen LogP contribution in [0, 0.1) is 0 Å². The third-order valence-electron chi connectivity index (χ3n) is 4.36.